The average Bonchev–Trinajstić information content (AvgIpc) is 2.20. The highest BCUT2D eigenvalue weighted by atomic mass is 19.2. The molecule has 1 aliphatic rings. The van der Waals surface area contributed by atoms with Gasteiger partial charge in [-0.2, -0.15) is 0 Å². The Morgan fingerprint density at radius 2 is 1.47 bits per heavy atom. The van der Waals surface area contributed by atoms with E-state index >= 15 is 0 Å². The van der Waals surface area contributed by atoms with E-state index in [0.717, 1.165) is 6.92 Å². The van der Waals surface area contributed by atoms with Crippen LogP contribution in [-0.2, 0) is 0 Å². The molecule has 0 N–H and O–H groups in total. The van der Waals surface area contributed by atoms with Crippen molar-refractivity contribution in [2.24, 2.45) is 5.41 Å². The SMILES string of the molecule is [B]C(C)(C)C1(C)C(F)=C(F)C(C)(F)C(F)C1F. The van der Waals surface area contributed by atoms with Gasteiger partial charge in [0.25, 0.3) is 0 Å². The molecule has 0 saturated heterocycles. The van der Waals surface area contributed by atoms with Crippen LogP contribution in [0, 0.1) is 5.41 Å². The molecule has 0 spiro atoms. The molecule has 17 heavy (non-hydrogen) atoms. The zero-order valence-electron chi connectivity index (χ0n) is 10.1. The van der Waals surface area contributed by atoms with Gasteiger partial charge < -0.3 is 0 Å². The Balaban J connectivity index is 3.51. The van der Waals surface area contributed by atoms with Gasteiger partial charge in [0.1, 0.15) is 12.0 Å². The van der Waals surface area contributed by atoms with Gasteiger partial charge >= 0.3 is 0 Å². The Bertz CT molecular complexity index is 357. The zero-order chi connectivity index (χ0) is 13.8. The Morgan fingerprint density at radius 3 is 1.82 bits per heavy atom. The van der Waals surface area contributed by atoms with Crippen molar-refractivity contribution in [3.63, 3.8) is 0 Å². The molecule has 1 rings (SSSR count). The number of halogens is 5. The largest absolute Gasteiger partial charge is 0.243 e. The molecular weight excluding hydrogens is 238 g/mol. The van der Waals surface area contributed by atoms with E-state index in [1.54, 1.807) is 0 Å². The predicted octanol–water partition coefficient (Wildman–Crippen LogP) is 3.93. The van der Waals surface area contributed by atoms with Crippen molar-refractivity contribution in [3.8, 4) is 0 Å². The van der Waals surface area contributed by atoms with E-state index < -0.39 is 40.4 Å². The fourth-order valence-electron chi connectivity index (χ4n) is 1.89. The monoisotopic (exact) mass is 252 g/mol. The van der Waals surface area contributed by atoms with Gasteiger partial charge in [-0.3, -0.25) is 0 Å². The second-order valence-corrected chi connectivity index (χ2v) is 5.43. The third-order valence-corrected chi connectivity index (χ3v) is 3.74. The van der Waals surface area contributed by atoms with Crippen LogP contribution in [0.2, 0.25) is 5.31 Å². The lowest BCUT2D eigenvalue weighted by Crippen LogP contribution is -2.55. The van der Waals surface area contributed by atoms with Crippen LogP contribution in [0.1, 0.15) is 27.7 Å². The first-order chi connectivity index (χ1) is 7.38. The highest BCUT2D eigenvalue weighted by Crippen LogP contribution is 2.59. The maximum Gasteiger partial charge on any atom is 0.195 e. The minimum absolute atomic E-state index is 0.474. The van der Waals surface area contributed by atoms with Crippen LogP contribution >= 0.6 is 0 Å². The van der Waals surface area contributed by atoms with Crippen molar-refractivity contribution in [3.05, 3.63) is 11.7 Å². The van der Waals surface area contributed by atoms with Gasteiger partial charge in [-0.25, -0.2) is 22.0 Å². The molecular formula is C11H14BF5. The lowest BCUT2D eigenvalue weighted by Gasteiger charge is -2.49. The molecule has 0 bridgehead atoms. The maximum absolute atomic E-state index is 13.9. The molecule has 0 fully saturated rings. The van der Waals surface area contributed by atoms with Gasteiger partial charge in [0, 0.05) is 0 Å². The van der Waals surface area contributed by atoms with E-state index in [0.29, 0.717) is 6.92 Å². The van der Waals surface area contributed by atoms with E-state index in [-0.39, 0.29) is 0 Å². The number of hydrogen-bond donors (Lipinski definition) is 0. The Hall–Kier alpha value is -0.545. The van der Waals surface area contributed by atoms with Crippen LogP contribution < -0.4 is 0 Å². The summed E-state index contributed by atoms with van der Waals surface area (Å²) in [7, 11) is 5.57. The van der Waals surface area contributed by atoms with E-state index in [9.17, 15) is 22.0 Å². The molecule has 0 heterocycles. The van der Waals surface area contributed by atoms with Crippen molar-refractivity contribution >= 4 is 7.85 Å². The summed E-state index contributed by atoms with van der Waals surface area (Å²) in [6.07, 6.45) is -5.35. The van der Waals surface area contributed by atoms with Crippen LogP contribution in [-0.4, -0.2) is 25.9 Å². The minimum atomic E-state index is -3.30. The Labute approximate surface area is 98.7 Å². The number of alkyl halides is 3. The molecule has 0 saturated carbocycles. The molecule has 0 aliphatic heterocycles. The van der Waals surface area contributed by atoms with Gasteiger partial charge in [0.2, 0.25) is 0 Å². The maximum atomic E-state index is 13.9. The van der Waals surface area contributed by atoms with Crippen LogP contribution in [0.25, 0.3) is 0 Å². The van der Waals surface area contributed by atoms with Crippen molar-refractivity contribution in [2.45, 2.75) is 51.0 Å². The third-order valence-electron chi connectivity index (χ3n) is 3.74. The molecule has 0 nitrogen and oxygen atoms in total. The van der Waals surface area contributed by atoms with Gasteiger partial charge in [-0.05, 0) is 6.92 Å². The molecule has 0 amide bonds. The summed E-state index contributed by atoms with van der Waals surface area (Å²) >= 11 is 0. The topological polar surface area (TPSA) is 0 Å². The van der Waals surface area contributed by atoms with Crippen LogP contribution in [0.15, 0.2) is 11.7 Å². The summed E-state index contributed by atoms with van der Waals surface area (Å²) < 4.78 is 68.3. The molecule has 96 valence electrons. The molecule has 2 radical (unpaired) electrons. The van der Waals surface area contributed by atoms with Crippen LogP contribution in [0.3, 0.4) is 0 Å². The standard InChI is InChI=1S/C11H14BF5/c1-9(2,12)10(3)5(13)7(15)11(4,17)8(16)6(10)14/h5,7H,1-4H3. The van der Waals surface area contributed by atoms with Crippen molar-refractivity contribution in [2.75, 3.05) is 0 Å². The summed E-state index contributed by atoms with van der Waals surface area (Å²) in [6.45, 7) is 3.90. The summed E-state index contributed by atoms with van der Waals surface area (Å²) in [6, 6.07) is 0. The molecule has 0 aromatic heterocycles. The summed E-state index contributed by atoms with van der Waals surface area (Å²) in [5.74, 6) is -3.57. The smallest absolute Gasteiger partial charge is 0.195 e. The third kappa shape index (κ3) is 1.71. The van der Waals surface area contributed by atoms with Crippen molar-refractivity contribution in [1.82, 2.24) is 0 Å². The number of hydrogen-bond acceptors (Lipinski definition) is 0. The first-order valence-electron chi connectivity index (χ1n) is 5.20. The normalized spacial score (nSPS) is 44.1. The van der Waals surface area contributed by atoms with Crippen molar-refractivity contribution < 1.29 is 22.0 Å². The first-order valence-corrected chi connectivity index (χ1v) is 5.20. The van der Waals surface area contributed by atoms with E-state index in [4.69, 9.17) is 7.85 Å². The lowest BCUT2D eigenvalue weighted by atomic mass is 9.50. The van der Waals surface area contributed by atoms with Gasteiger partial charge in [0.05, 0.1) is 13.3 Å². The molecule has 0 aromatic rings. The van der Waals surface area contributed by atoms with Gasteiger partial charge in [-0.1, -0.05) is 26.1 Å². The molecule has 0 aromatic carbocycles. The highest BCUT2D eigenvalue weighted by Gasteiger charge is 2.63. The Kier molecular flexibility index (Phi) is 3.18. The van der Waals surface area contributed by atoms with E-state index in [1.165, 1.54) is 13.8 Å². The van der Waals surface area contributed by atoms with Crippen molar-refractivity contribution in [1.29, 1.82) is 0 Å². The molecule has 4 unspecified atom stereocenters. The molecule has 4 atom stereocenters. The minimum Gasteiger partial charge on any atom is -0.243 e. The quantitative estimate of drug-likeness (QED) is 0.490. The fraction of sp³-hybridized carbons (Fsp3) is 0.818. The van der Waals surface area contributed by atoms with E-state index in [2.05, 4.69) is 0 Å². The molecule has 1 aliphatic carbocycles. The van der Waals surface area contributed by atoms with Crippen LogP contribution in [0.4, 0.5) is 22.0 Å². The summed E-state index contributed by atoms with van der Waals surface area (Å²) in [5, 5.41) is -1.57. The molecule has 6 heteroatoms. The summed E-state index contributed by atoms with van der Waals surface area (Å²) in [4.78, 5) is 0. The average molecular weight is 252 g/mol. The predicted molar refractivity (Wildman–Crippen MR) is 56.4 cm³/mol. The number of allylic oxidation sites excluding steroid dienone is 2. The highest BCUT2D eigenvalue weighted by molar-refractivity contribution is 6.15. The fourth-order valence-corrected chi connectivity index (χ4v) is 1.89. The Morgan fingerprint density at radius 1 is 1.06 bits per heavy atom. The van der Waals surface area contributed by atoms with Gasteiger partial charge in [-0.15, -0.1) is 0 Å². The second kappa shape index (κ2) is 3.72. The zero-order valence-corrected chi connectivity index (χ0v) is 10.1. The lowest BCUT2D eigenvalue weighted by molar-refractivity contribution is -0.0638. The van der Waals surface area contributed by atoms with E-state index in [1.807, 2.05) is 0 Å². The second-order valence-electron chi connectivity index (χ2n) is 5.43. The van der Waals surface area contributed by atoms with Gasteiger partial charge in [0.15, 0.2) is 17.7 Å². The number of rotatable bonds is 1. The first kappa shape index (κ1) is 14.5. The summed E-state index contributed by atoms with van der Waals surface area (Å²) in [5.41, 5.74) is -5.53. The van der Waals surface area contributed by atoms with Crippen LogP contribution in [0.5, 0.6) is 0 Å².